The Morgan fingerprint density at radius 1 is 1.30 bits per heavy atom. The first-order valence-electron chi connectivity index (χ1n) is 7.54. The first-order chi connectivity index (χ1) is 9.63. The van der Waals surface area contributed by atoms with Gasteiger partial charge in [0.25, 0.3) is 0 Å². The number of nitrogens with one attached hydrogen (secondary N) is 1. The lowest BCUT2D eigenvalue weighted by Crippen LogP contribution is -2.42. The Balaban J connectivity index is 2.01. The van der Waals surface area contributed by atoms with E-state index < -0.39 is 0 Å². The van der Waals surface area contributed by atoms with Gasteiger partial charge in [-0.3, -0.25) is 0 Å². The maximum Gasteiger partial charge on any atom is 0.208 e. The third-order valence-corrected chi connectivity index (χ3v) is 6.51. The van der Waals surface area contributed by atoms with Crippen LogP contribution in [0.2, 0.25) is 0 Å². The molecule has 0 aromatic carbocycles. The van der Waals surface area contributed by atoms with Crippen LogP contribution in [0.25, 0.3) is 0 Å². The van der Waals surface area contributed by atoms with E-state index in [0.29, 0.717) is 11.3 Å². The summed E-state index contributed by atoms with van der Waals surface area (Å²) in [5.41, 5.74) is 0. The monoisotopic (exact) mass is 314 g/mol. The molecule has 2 rings (SSSR count). The molecule has 1 fully saturated rings. The van der Waals surface area contributed by atoms with E-state index in [0.717, 1.165) is 21.9 Å². The zero-order chi connectivity index (χ0) is 14.5. The molecule has 0 bridgehead atoms. The number of hydrogen-bond acceptors (Lipinski definition) is 6. The normalized spacial score (nSPS) is 26.7. The van der Waals surface area contributed by atoms with Gasteiger partial charge in [-0.15, -0.1) is 10.2 Å². The highest BCUT2D eigenvalue weighted by Crippen LogP contribution is 2.39. The highest BCUT2D eigenvalue weighted by molar-refractivity contribution is 8.01. The second-order valence-corrected chi connectivity index (χ2v) is 8.10. The van der Waals surface area contributed by atoms with Gasteiger partial charge in [0.15, 0.2) is 4.34 Å². The van der Waals surface area contributed by atoms with Gasteiger partial charge >= 0.3 is 0 Å². The predicted molar refractivity (Wildman–Crippen MR) is 89.0 cm³/mol. The van der Waals surface area contributed by atoms with Crippen LogP contribution in [-0.2, 0) is 0 Å². The highest BCUT2D eigenvalue weighted by Gasteiger charge is 2.30. The van der Waals surface area contributed by atoms with Crippen molar-refractivity contribution in [3.8, 4) is 0 Å². The fourth-order valence-electron chi connectivity index (χ4n) is 2.77. The number of aromatic nitrogens is 2. The van der Waals surface area contributed by atoms with E-state index in [2.05, 4.69) is 29.4 Å². The molecule has 0 aliphatic heterocycles. The minimum Gasteiger partial charge on any atom is -0.353 e. The molecule has 1 heterocycles. The van der Waals surface area contributed by atoms with E-state index in [4.69, 9.17) is 0 Å². The Morgan fingerprint density at radius 2 is 2.10 bits per heavy atom. The summed E-state index contributed by atoms with van der Waals surface area (Å²) >= 11 is 3.63. The molecule has 1 N–H and O–H groups in total. The summed E-state index contributed by atoms with van der Waals surface area (Å²) in [6.45, 7) is 5.56. The summed E-state index contributed by atoms with van der Waals surface area (Å²) in [5.74, 6) is 0.878. The van der Waals surface area contributed by atoms with Gasteiger partial charge in [0, 0.05) is 25.4 Å². The van der Waals surface area contributed by atoms with E-state index in [1.807, 2.05) is 30.8 Å². The van der Waals surface area contributed by atoms with E-state index >= 15 is 0 Å². The van der Waals surface area contributed by atoms with Crippen LogP contribution >= 0.6 is 23.1 Å². The molecule has 0 radical (unpaired) electrons. The van der Waals surface area contributed by atoms with E-state index in [1.165, 1.54) is 25.7 Å². The van der Waals surface area contributed by atoms with Gasteiger partial charge in [0.1, 0.15) is 0 Å². The molecule has 1 aromatic heterocycles. The molecule has 1 saturated carbocycles. The third-order valence-electron chi connectivity index (χ3n) is 3.97. The van der Waals surface area contributed by atoms with E-state index in [9.17, 15) is 0 Å². The van der Waals surface area contributed by atoms with Gasteiger partial charge in [-0.05, 0) is 31.7 Å². The van der Waals surface area contributed by atoms with E-state index in [1.54, 1.807) is 11.3 Å². The summed E-state index contributed by atoms with van der Waals surface area (Å²) < 4.78 is 1.11. The number of thioether (sulfide) groups is 1. The van der Waals surface area contributed by atoms with Crippen LogP contribution in [0.3, 0.4) is 0 Å². The Hall–Kier alpha value is -0.330. The quantitative estimate of drug-likeness (QED) is 0.873. The summed E-state index contributed by atoms with van der Waals surface area (Å²) in [7, 11) is 4.04. The third kappa shape index (κ3) is 4.09. The Bertz CT molecular complexity index is 408. The van der Waals surface area contributed by atoms with Gasteiger partial charge in [-0.2, -0.15) is 0 Å². The molecule has 0 amide bonds. The molecule has 4 nitrogen and oxygen atoms in total. The molecule has 114 valence electrons. The van der Waals surface area contributed by atoms with Crippen molar-refractivity contribution in [2.75, 3.05) is 25.5 Å². The lowest BCUT2D eigenvalue weighted by molar-refractivity contribution is 0.298. The predicted octanol–water partition coefficient (Wildman–Crippen LogP) is 3.25. The van der Waals surface area contributed by atoms with Crippen molar-refractivity contribution in [3.63, 3.8) is 0 Å². The Labute approximate surface area is 130 Å². The van der Waals surface area contributed by atoms with Crippen LogP contribution in [-0.4, -0.2) is 42.1 Å². The zero-order valence-electron chi connectivity index (χ0n) is 12.9. The van der Waals surface area contributed by atoms with Crippen LogP contribution in [0.5, 0.6) is 0 Å². The number of rotatable bonds is 6. The van der Waals surface area contributed by atoms with Crippen LogP contribution < -0.4 is 10.2 Å². The van der Waals surface area contributed by atoms with Crippen LogP contribution in [0.4, 0.5) is 5.13 Å². The fourth-order valence-corrected chi connectivity index (χ4v) is 5.17. The van der Waals surface area contributed by atoms with Crippen molar-refractivity contribution in [1.82, 2.24) is 15.5 Å². The summed E-state index contributed by atoms with van der Waals surface area (Å²) in [6.07, 6.45) is 5.26. The molecule has 3 unspecified atom stereocenters. The second-order valence-electron chi connectivity index (χ2n) is 5.65. The molecular weight excluding hydrogens is 288 g/mol. The molecule has 3 atom stereocenters. The van der Waals surface area contributed by atoms with Crippen molar-refractivity contribution in [1.29, 1.82) is 0 Å². The Kier molecular flexibility index (Phi) is 6.11. The average Bonchev–Trinajstić information content (AvgIpc) is 2.90. The van der Waals surface area contributed by atoms with Gasteiger partial charge in [0.05, 0.1) is 0 Å². The van der Waals surface area contributed by atoms with Crippen molar-refractivity contribution in [2.24, 2.45) is 5.92 Å². The van der Waals surface area contributed by atoms with Crippen LogP contribution in [0, 0.1) is 5.92 Å². The van der Waals surface area contributed by atoms with Gasteiger partial charge in [-0.25, -0.2) is 0 Å². The lowest BCUT2D eigenvalue weighted by atomic mass is 9.84. The van der Waals surface area contributed by atoms with Gasteiger partial charge in [-0.1, -0.05) is 43.4 Å². The molecule has 20 heavy (non-hydrogen) atoms. The number of nitrogens with zero attached hydrogens (tertiary/aromatic N) is 3. The molecule has 1 aromatic rings. The van der Waals surface area contributed by atoms with Gasteiger partial charge < -0.3 is 10.2 Å². The fraction of sp³-hybridized carbons (Fsp3) is 0.857. The average molecular weight is 315 g/mol. The standard InChI is InChI=1S/C14H26N4S2/c1-5-10-7-8-11(15-6-2)12(9-10)19-14-17-16-13(20-14)18(3)4/h10-12,15H,5-9H2,1-4H3. The minimum absolute atomic E-state index is 0.625. The van der Waals surface area contributed by atoms with Crippen LogP contribution in [0.15, 0.2) is 4.34 Å². The van der Waals surface area contributed by atoms with Crippen molar-refractivity contribution in [3.05, 3.63) is 0 Å². The van der Waals surface area contributed by atoms with Crippen molar-refractivity contribution in [2.45, 2.75) is 55.2 Å². The van der Waals surface area contributed by atoms with Gasteiger partial charge in [0.2, 0.25) is 5.13 Å². The highest BCUT2D eigenvalue weighted by atomic mass is 32.2. The topological polar surface area (TPSA) is 41.1 Å². The largest absolute Gasteiger partial charge is 0.353 e. The van der Waals surface area contributed by atoms with Crippen molar-refractivity contribution < 1.29 is 0 Å². The molecule has 1 aliphatic carbocycles. The summed E-state index contributed by atoms with van der Waals surface area (Å²) in [5, 5.41) is 13.9. The van der Waals surface area contributed by atoms with Crippen LogP contribution in [0.1, 0.15) is 39.5 Å². The molecular formula is C14H26N4S2. The lowest BCUT2D eigenvalue weighted by Gasteiger charge is -2.35. The maximum atomic E-state index is 4.34. The molecule has 0 spiro atoms. The van der Waals surface area contributed by atoms with Crippen molar-refractivity contribution >= 4 is 28.2 Å². The zero-order valence-corrected chi connectivity index (χ0v) is 14.6. The number of hydrogen-bond donors (Lipinski definition) is 1. The Morgan fingerprint density at radius 3 is 2.70 bits per heavy atom. The first kappa shape index (κ1) is 16.0. The maximum absolute atomic E-state index is 4.34. The van der Waals surface area contributed by atoms with E-state index in [-0.39, 0.29) is 0 Å². The smallest absolute Gasteiger partial charge is 0.208 e. The minimum atomic E-state index is 0.625. The molecule has 6 heteroatoms. The second kappa shape index (κ2) is 7.61. The first-order valence-corrected chi connectivity index (χ1v) is 9.24. The summed E-state index contributed by atoms with van der Waals surface area (Å²) in [4.78, 5) is 2.03. The molecule has 1 aliphatic rings. The SMILES string of the molecule is CCNC1CCC(CC)CC1Sc1nnc(N(C)C)s1. The number of anilines is 1. The summed E-state index contributed by atoms with van der Waals surface area (Å²) in [6, 6.07) is 0.625. The molecule has 0 saturated heterocycles.